The maximum atomic E-state index is 12.3. The summed E-state index contributed by atoms with van der Waals surface area (Å²) in [5.74, 6) is 0.476. The van der Waals surface area contributed by atoms with E-state index in [-0.39, 0.29) is 0 Å². The highest BCUT2D eigenvalue weighted by Gasteiger charge is 2.23. The van der Waals surface area contributed by atoms with Crippen LogP contribution in [-0.4, -0.2) is 34.9 Å². The standard InChI is InChI=1S/C15H23ClO4Si/c1-10-13(15(17)20-7-8-21(4,5)6)11(18-2)9-12(19-3)14(10)16/h9H,7-8H2,1-6H3. The van der Waals surface area contributed by atoms with Crippen LogP contribution in [-0.2, 0) is 4.74 Å². The number of carbonyl (C=O) groups is 1. The van der Waals surface area contributed by atoms with E-state index in [4.69, 9.17) is 25.8 Å². The first kappa shape index (κ1) is 17.8. The van der Waals surface area contributed by atoms with Crippen LogP contribution in [0.3, 0.4) is 0 Å². The van der Waals surface area contributed by atoms with Crippen molar-refractivity contribution in [2.24, 2.45) is 0 Å². The van der Waals surface area contributed by atoms with Gasteiger partial charge < -0.3 is 14.2 Å². The van der Waals surface area contributed by atoms with Crippen molar-refractivity contribution < 1.29 is 19.0 Å². The summed E-state index contributed by atoms with van der Waals surface area (Å²) in [4.78, 5) is 12.3. The molecule has 0 fully saturated rings. The fraction of sp³-hybridized carbons (Fsp3) is 0.533. The minimum atomic E-state index is -1.24. The van der Waals surface area contributed by atoms with E-state index in [2.05, 4.69) is 19.6 Å². The second-order valence-electron chi connectivity index (χ2n) is 6.04. The molecule has 0 aromatic heterocycles. The van der Waals surface area contributed by atoms with E-state index in [9.17, 15) is 4.79 Å². The molecule has 118 valence electrons. The number of benzene rings is 1. The van der Waals surface area contributed by atoms with Gasteiger partial charge in [0.15, 0.2) is 0 Å². The van der Waals surface area contributed by atoms with Crippen molar-refractivity contribution in [1.82, 2.24) is 0 Å². The Morgan fingerprint density at radius 1 is 1.19 bits per heavy atom. The highest BCUT2D eigenvalue weighted by molar-refractivity contribution is 6.76. The molecule has 0 aliphatic carbocycles. The molecule has 0 aliphatic rings. The zero-order chi connectivity index (χ0) is 16.2. The lowest BCUT2D eigenvalue weighted by molar-refractivity contribution is 0.0520. The summed E-state index contributed by atoms with van der Waals surface area (Å²) in [6, 6.07) is 2.52. The lowest BCUT2D eigenvalue weighted by Crippen LogP contribution is -2.23. The summed E-state index contributed by atoms with van der Waals surface area (Å²) < 4.78 is 15.8. The Labute approximate surface area is 132 Å². The smallest absolute Gasteiger partial charge is 0.342 e. The lowest BCUT2D eigenvalue weighted by atomic mass is 10.1. The molecule has 0 saturated carbocycles. The molecule has 0 radical (unpaired) electrons. The number of methoxy groups -OCH3 is 2. The molecule has 0 spiro atoms. The first-order chi connectivity index (χ1) is 9.71. The molecule has 0 amide bonds. The van der Waals surface area contributed by atoms with Crippen molar-refractivity contribution in [1.29, 1.82) is 0 Å². The Bertz CT molecular complexity index is 523. The average Bonchev–Trinajstić information content (AvgIpc) is 2.39. The van der Waals surface area contributed by atoms with E-state index in [1.165, 1.54) is 14.2 Å². The van der Waals surface area contributed by atoms with Gasteiger partial charge in [-0.15, -0.1) is 0 Å². The first-order valence-electron chi connectivity index (χ1n) is 6.79. The second-order valence-corrected chi connectivity index (χ2v) is 12.0. The number of rotatable bonds is 6. The fourth-order valence-corrected chi connectivity index (χ4v) is 2.76. The highest BCUT2D eigenvalue weighted by Crippen LogP contribution is 2.37. The van der Waals surface area contributed by atoms with E-state index in [1.807, 2.05) is 0 Å². The monoisotopic (exact) mass is 330 g/mol. The van der Waals surface area contributed by atoms with E-state index in [1.54, 1.807) is 13.0 Å². The molecule has 0 unspecified atom stereocenters. The van der Waals surface area contributed by atoms with Gasteiger partial charge in [0.25, 0.3) is 0 Å². The van der Waals surface area contributed by atoms with Gasteiger partial charge in [-0.3, -0.25) is 0 Å². The molecule has 0 saturated heterocycles. The molecular weight excluding hydrogens is 308 g/mol. The van der Waals surface area contributed by atoms with Crippen LogP contribution in [0.25, 0.3) is 0 Å². The van der Waals surface area contributed by atoms with Crippen LogP contribution in [0.2, 0.25) is 30.7 Å². The van der Waals surface area contributed by atoms with Crippen LogP contribution in [0, 0.1) is 6.92 Å². The molecule has 0 bridgehead atoms. The molecule has 4 nitrogen and oxygen atoms in total. The highest BCUT2D eigenvalue weighted by atomic mass is 35.5. The number of hydrogen-bond acceptors (Lipinski definition) is 4. The van der Waals surface area contributed by atoms with Crippen molar-refractivity contribution in [2.75, 3.05) is 20.8 Å². The Morgan fingerprint density at radius 2 is 1.76 bits per heavy atom. The Morgan fingerprint density at radius 3 is 2.24 bits per heavy atom. The fourth-order valence-electron chi connectivity index (χ4n) is 1.82. The minimum absolute atomic E-state index is 0.360. The predicted molar refractivity (Wildman–Crippen MR) is 87.7 cm³/mol. The molecule has 1 aromatic rings. The third-order valence-corrected chi connectivity index (χ3v) is 5.33. The third-order valence-electron chi connectivity index (χ3n) is 3.16. The van der Waals surface area contributed by atoms with Gasteiger partial charge in [0, 0.05) is 14.1 Å². The van der Waals surface area contributed by atoms with Crippen LogP contribution >= 0.6 is 11.6 Å². The van der Waals surface area contributed by atoms with E-state index in [0.717, 1.165) is 6.04 Å². The first-order valence-corrected chi connectivity index (χ1v) is 10.9. The van der Waals surface area contributed by atoms with E-state index >= 15 is 0 Å². The van der Waals surface area contributed by atoms with Gasteiger partial charge in [0.05, 0.1) is 25.8 Å². The lowest BCUT2D eigenvalue weighted by Gasteiger charge is -2.17. The maximum Gasteiger partial charge on any atom is 0.342 e. The topological polar surface area (TPSA) is 44.8 Å². The Balaban J connectivity index is 3.01. The van der Waals surface area contributed by atoms with Crippen molar-refractivity contribution in [3.05, 3.63) is 22.2 Å². The number of ether oxygens (including phenoxy) is 3. The second kappa shape index (κ2) is 7.18. The van der Waals surface area contributed by atoms with Gasteiger partial charge in [-0.05, 0) is 18.5 Å². The summed E-state index contributed by atoms with van der Waals surface area (Å²) >= 11 is 6.20. The molecule has 0 aliphatic heterocycles. The summed E-state index contributed by atoms with van der Waals surface area (Å²) in [6.07, 6.45) is 0. The van der Waals surface area contributed by atoms with Gasteiger partial charge in [-0.25, -0.2) is 4.79 Å². The van der Waals surface area contributed by atoms with Crippen LogP contribution in [0.4, 0.5) is 0 Å². The van der Waals surface area contributed by atoms with Gasteiger partial charge >= 0.3 is 5.97 Å². The van der Waals surface area contributed by atoms with Crippen LogP contribution in [0.5, 0.6) is 11.5 Å². The molecule has 0 atom stereocenters. The quantitative estimate of drug-likeness (QED) is 0.580. The molecular formula is C15H23ClO4Si. The normalized spacial score (nSPS) is 11.2. The summed E-state index contributed by atoms with van der Waals surface area (Å²) in [5.41, 5.74) is 0.963. The number of carbonyl (C=O) groups excluding carboxylic acids is 1. The summed E-state index contributed by atoms with van der Waals surface area (Å²) in [5, 5.41) is 0.399. The Kier molecular flexibility index (Phi) is 6.10. The van der Waals surface area contributed by atoms with Crippen LogP contribution in [0.1, 0.15) is 15.9 Å². The SMILES string of the molecule is COc1cc(OC)c(C(=O)OCC[Si](C)(C)C)c(C)c1Cl. The maximum absolute atomic E-state index is 12.3. The van der Waals surface area contributed by atoms with Gasteiger partial charge in [0.1, 0.15) is 17.1 Å². The van der Waals surface area contributed by atoms with Crippen molar-refractivity contribution in [3.8, 4) is 11.5 Å². The Hall–Kier alpha value is -1.20. The molecule has 1 aromatic carbocycles. The number of esters is 1. The van der Waals surface area contributed by atoms with Gasteiger partial charge in [-0.2, -0.15) is 0 Å². The van der Waals surface area contributed by atoms with Gasteiger partial charge in [0.2, 0.25) is 0 Å². The van der Waals surface area contributed by atoms with E-state index < -0.39 is 14.0 Å². The van der Waals surface area contributed by atoms with Gasteiger partial charge in [-0.1, -0.05) is 31.2 Å². The van der Waals surface area contributed by atoms with Crippen LogP contribution < -0.4 is 9.47 Å². The van der Waals surface area contributed by atoms with E-state index in [0.29, 0.717) is 34.3 Å². The number of hydrogen-bond donors (Lipinski definition) is 0. The molecule has 1 rings (SSSR count). The molecule has 21 heavy (non-hydrogen) atoms. The minimum Gasteiger partial charge on any atom is -0.496 e. The third kappa shape index (κ3) is 4.64. The molecule has 6 heteroatoms. The summed E-state index contributed by atoms with van der Waals surface area (Å²) in [6.45, 7) is 8.87. The van der Waals surface area contributed by atoms with Crippen molar-refractivity contribution in [3.63, 3.8) is 0 Å². The average molecular weight is 331 g/mol. The van der Waals surface area contributed by atoms with Crippen molar-refractivity contribution in [2.45, 2.75) is 32.6 Å². The van der Waals surface area contributed by atoms with Crippen molar-refractivity contribution >= 4 is 25.6 Å². The van der Waals surface area contributed by atoms with Crippen LogP contribution in [0.15, 0.2) is 6.07 Å². The number of halogens is 1. The largest absolute Gasteiger partial charge is 0.496 e. The predicted octanol–water partition coefficient (Wildman–Crippen LogP) is 4.16. The molecule has 0 heterocycles. The summed E-state index contributed by atoms with van der Waals surface area (Å²) in [7, 11) is 1.78. The molecule has 0 N–H and O–H groups in total. The zero-order valence-corrected chi connectivity index (χ0v) is 15.3. The zero-order valence-electron chi connectivity index (χ0n) is 13.5.